The molecular formula is C17H19F3IN3O. The summed E-state index contributed by atoms with van der Waals surface area (Å²) in [6.07, 6.45) is -4.31. The number of hydrogen-bond donors (Lipinski definition) is 2. The Labute approximate surface area is 161 Å². The van der Waals surface area contributed by atoms with Crippen LogP contribution < -0.4 is 11.1 Å². The molecule has 0 aliphatic rings. The van der Waals surface area contributed by atoms with E-state index in [2.05, 4.69) is 15.0 Å². The zero-order valence-corrected chi connectivity index (χ0v) is 15.6. The predicted octanol–water partition coefficient (Wildman–Crippen LogP) is 4.31. The molecule has 0 spiro atoms. The van der Waals surface area contributed by atoms with E-state index < -0.39 is 12.8 Å². The molecule has 25 heavy (non-hydrogen) atoms. The van der Waals surface area contributed by atoms with Crippen molar-refractivity contribution >= 4 is 35.6 Å². The van der Waals surface area contributed by atoms with Crippen LogP contribution in [-0.4, -0.2) is 18.7 Å². The minimum absolute atomic E-state index is 0. The van der Waals surface area contributed by atoms with Crippen molar-refractivity contribution in [1.29, 1.82) is 0 Å². The second-order valence-electron chi connectivity index (χ2n) is 5.12. The van der Waals surface area contributed by atoms with Crippen molar-refractivity contribution in [3.8, 4) is 0 Å². The number of hydrogen-bond acceptors (Lipinski definition) is 2. The van der Waals surface area contributed by atoms with E-state index in [-0.39, 0.29) is 30.6 Å². The van der Waals surface area contributed by atoms with E-state index in [9.17, 15) is 13.2 Å². The zero-order chi connectivity index (χ0) is 17.4. The number of nitrogens with two attached hydrogens (primary N) is 1. The van der Waals surface area contributed by atoms with Crippen LogP contribution in [0.25, 0.3) is 0 Å². The van der Waals surface area contributed by atoms with Crippen molar-refractivity contribution in [2.75, 3.05) is 11.9 Å². The summed E-state index contributed by atoms with van der Waals surface area (Å²) in [5.41, 5.74) is 8.21. The van der Waals surface area contributed by atoms with E-state index in [0.29, 0.717) is 18.1 Å². The van der Waals surface area contributed by atoms with Gasteiger partial charge < -0.3 is 15.8 Å². The number of aliphatic imine (C=N–C) groups is 1. The molecule has 0 saturated carbocycles. The smallest absolute Gasteiger partial charge is 0.370 e. The minimum Gasteiger partial charge on any atom is -0.370 e. The zero-order valence-electron chi connectivity index (χ0n) is 13.3. The van der Waals surface area contributed by atoms with Crippen molar-refractivity contribution in [1.82, 2.24) is 0 Å². The molecule has 8 heteroatoms. The fourth-order valence-corrected chi connectivity index (χ4v) is 1.91. The second-order valence-corrected chi connectivity index (χ2v) is 5.12. The van der Waals surface area contributed by atoms with Crippen molar-refractivity contribution in [2.24, 2.45) is 10.7 Å². The van der Waals surface area contributed by atoms with E-state index in [1.54, 1.807) is 24.3 Å². The van der Waals surface area contributed by atoms with Gasteiger partial charge in [0.25, 0.3) is 0 Å². The van der Waals surface area contributed by atoms with Crippen LogP contribution in [0.5, 0.6) is 0 Å². The highest BCUT2D eigenvalue weighted by atomic mass is 127. The van der Waals surface area contributed by atoms with Crippen molar-refractivity contribution in [2.45, 2.75) is 19.3 Å². The third-order valence-electron chi connectivity index (χ3n) is 3.04. The first-order valence-corrected chi connectivity index (χ1v) is 7.27. The molecule has 0 atom stereocenters. The average molecular weight is 465 g/mol. The number of nitrogens with one attached hydrogen (secondary N) is 1. The van der Waals surface area contributed by atoms with Gasteiger partial charge in [-0.1, -0.05) is 42.5 Å². The normalized spacial score (nSPS) is 11.7. The molecule has 0 amide bonds. The number of anilines is 1. The summed E-state index contributed by atoms with van der Waals surface area (Å²) in [5.74, 6) is 0.291. The Kier molecular flexibility index (Phi) is 8.70. The Morgan fingerprint density at radius 1 is 1.00 bits per heavy atom. The molecule has 0 aliphatic carbocycles. The average Bonchev–Trinajstić information content (AvgIpc) is 2.54. The van der Waals surface area contributed by atoms with Gasteiger partial charge in [0.1, 0.15) is 6.61 Å². The maximum atomic E-state index is 12.0. The van der Waals surface area contributed by atoms with Crippen LogP contribution in [-0.2, 0) is 17.9 Å². The molecule has 4 nitrogen and oxygen atoms in total. The molecule has 0 radical (unpaired) electrons. The molecule has 0 aliphatic heterocycles. The number of para-hydroxylation sites is 1. The van der Waals surface area contributed by atoms with Crippen LogP contribution >= 0.6 is 24.0 Å². The maximum absolute atomic E-state index is 12.0. The Bertz CT molecular complexity index is 661. The van der Waals surface area contributed by atoms with Gasteiger partial charge in [0.15, 0.2) is 5.96 Å². The van der Waals surface area contributed by atoms with Crippen molar-refractivity contribution < 1.29 is 17.9 Å². The Balaban J connectivity index is 0.00000312. The third-order valence-corrected chi connectivity index (χ3v) is 3.04. The fourth-order valence-electron chi connectivity index (χ4n) is 1.91. The number of ether oxygens (including phenoxy) is 1. The summed E-state index contributed by atoms with van der Waals surface area (Å²) in [6, 6.07) is 16.4. The highest BCUT2D eigenvalue weighted by Gasteiger charge is 2.27. The maximum Gasteiger partial charge on any atom is 0.411 e. The van der Waals surface area contributed by atoms with Crippen molar-refractivity contribution in [3.05, 3.63) is 65.7 Å². The number of guanidine groups is 1. The van der Waals surface area contributed by atoms with E-state index in [1.165, 1.54) is 0 Å². The minimum atomic E-state index is -4.31. The number of benzene rings is 2. The van der Waals surface area contributed by atoms with Crippen LogP contribution in [0.2, 0.25) is 0 Å². The van der Waals surface area contributed by atoms with Gasteiger partial charge in [-0.15, -0.1) is 24.0 Å². The molecule has 2 rings (SSSR count). The van der Waals surface area contributed by atoms with Gasteiger partial charge in [0, 0.05) is 5.69 Å². The lowest BCUT2D eigenvalue weighted by atomic mass is 10.1. The highest BCUT2D eigenvalue weighted by Crippen LogP contribution is 2.16. The van der Waals surface area contributed by atoms with E-state index in [1.807, 2.05) is 30.3 Å². The topological polar surface area (TPSA) is 59.6 Å². The van der Waals surface area contributed by atoms with Crippen LogP contribution in [0.3, 0.4) is 0 Å². The number of halogens is 4. The standard InChI is InChI=1S/C17H18F3N3O.HI/c18-17(19,20)12-24-11-14-8-6-13(7-9-14)10-22-16(21)23-15-4-2-1-3-5-15;/h1-9H,10-12H2,(H3,21,22,23);1H. The highest BCUT2D eigenvalue weighted by molar-refractivity contribution is 14.0. The second kappa shape index (κ2) is 10.2. The molecule has 0 bridgehead atoms. The predicted molar refractivity (Wildman–Crippen MR) is 103 cm³/mol. The van der Waals surface area contributed by atoms with E-state index in [4.69, 9.17) is 5.73 Å². The molecular weight excluding hydrogens is 446 g/mol. The number of alkyl halides is 3. The van der Waals surface area contributed by atoms with Gasteiger partial charge in [-0.05, 0) is 23.3 Å². The van der Waals surface area contributed by atoms with Crippen LogP contribution in [0.1, 0.15) is 11.1 Å². The summed E-state index contributed by atoms with van der Waals surface area (Å²) in [7, 11) is 0. The van der Waals surface area contributed by atoms with Gasteiger partial charge in [0.2, 0.25) is 0 Å². The summed E-state index contributed by atoms with van der Waals surface area (Å²) >= 11 is 0. The molecule has 0 saturated heterocycles. The molecule has 0 heterocycles. The van der Waals surface area contributed by atoms with Gasteiger partial charge in [-0.2, -0.15) is 13.2 Å². The number of nitrogens with zero attached hydrogens (tertiary/aromatic N) is 1. The molecule has 0 unspecified atom stereocenters. The van der Waals surface area contributed by atoms with Crippen LogP contribution in [0.15, 0.2) is 59.6 Å². The van der Waals surface area contributed by atoms with Gasteiger partial charge in [0.05, 0.1) is 13.2 Å². The summed E-state index contributed by atoms with van der Waals surface area (Å²) < 4.78 is 40.6. The van der Waals surface area contributed by atoms with Crippen LogP contribution in [0.4, 0.5) is 18.9 Å². The summed E-state index contributed by atoms with van der Waals surface area (Å²) in [4.78, 5) is 4.22. The lowest BCUT2D eigenvalue weighted by molar-refractivity contribution is -0.176. The lowest BCUT2D eigenvalue weighted by Gasteiger charge is -2.08. The first-order chi connectivity index (χ1) is 11.4. The molecule has 3 N–H and O–H groups in total. The number of rotatable bonds is 6. The SMILES string of the molecule is I.NC(=NCc1ccc(COCC(F)(F)F)cc1)Nc1ccccc1. The Hall–Kier alpha value is -1.81. The van der Waals surface area contributed by atoms with Gasteiger partial charge >= 0.3 is 6.18 Å². The summed E-state index contributed by atoms with van der Waals surface area (Å²) in [5, 5.41) is 2.97. The first-order valence-electron chi connectivity index (χ1n) is 7.27. The monoisotopic (exact) mass is 465 g/mol. The Morgan fingerprint density at radius 3 is 2.20 bits per heavy atom. The molecule has 2 aromatic carbocycles. The quantitative estimate of drug-likeness (QED) is 0.380. The summed E-state index contributed by atoms with van der Waals surface area (Å²) in [6.45, 7) is -0.961. The Morgan fingerprint density at radius 2 is 1.60 bits per heavy atom. The van der Waals surface area contributed by atoms with Crippen LogP contribution in [0, 0.1) is 0 Å². The third kappa shape index (κ3) is 8.73. The molecule has 2 aromatic rings. The van der Waals surface area contributed by atoms with E-state index in [0.717, 1.165) is 11.3 Å². The lowest BCUT2D eigenvalue weighted by Crippen LogP contribution is -2.22. The van der Waals surface area contributed by atoms with Crippen molar-refractivity contribution in [3.63, 3.8) is 0 Å². The fraction of sp³-hybridized carbons (Fsp3) is 0.235. The first kappa shape index (κ1) is 21.2. The molecule has 0 fully saturated rings. The van der Waals surface area contributed by atoms with Gasteiger partial charge in [-0.25, -0.2) is 4.99 Å². The van der Waals surface area contributed by atoms with Gasteiger partial charge in [-0.3, -0.25) is 0 Å². The van der Waals surface area contributed by atoms with E-state index >= 15 is 0 Å². The largest absolute Gasteiger partial charge is 0.411 e. The molecule has 0 aromatic heterocycles. The molecule has 136 valence electrons.